The number of hydrogen-bond donors (Lipinski definition) is 5. The summed E-state index contributed by atoms with van der Waals surface area (Å²) in [4.78, 5) is 48.5. The van der Waals surface area contributed by atoms with Crippen LogP contribution in [0.5, 0.6) is 0 Å². The average Bonchev–Trinajstić information content (AvgIpc) is 3.16. The van der Waals surface area contributed by atoms with Gasteiger partial charge < -0.3 is 26.4 Å². The number of carboxylic acids is 1. The summed E-state index contributed by atoms with van der Waals surface area (Å²) in [5.41, 5.74) is 0. The summed E-state index contributed by atoms with van der Waals surface area (Å²) in [7, 11) is 0. The zero-order chi connectivity index (χ0) is 21.3. The Kier molecular flexibility index (Phi) is 10.3. The highest BCUT2D eigenvalue weighted by atomic mass is 32.2. The second-order valence-electron chi connectivity index (χ2n) is 7.29. The first-order chi connectivity index (χ1) is 13.2. The van der Waals surface area contributed by atoms with E-state index in [9.17, 15) is 24.3 Å². The van der Waals surface area contributed by atoms with Crippen molar-refractivity contribution in [2.75, 3.05) is 18.6 Å². The van der Waals surface area contributed by atoms with Gasteiger partial charge in [-0.2, -0.15) is 11.8 Å². The maximum absolute atomic E-state index is 12.6. The molecule has 0 aromatic carbocycles. The molecule has 0 aromatic rings. The van der Waals surface area contributed by atoms with Gasteiger partial charge in [0, 0.05) is 0 Å². The molecule has 28 heavy (non-hydrogen) atoms. The van der Waals surface area contributed by atoms with E-state index in [0.717, 1.165) is 19.4 Å². The van der Waals surface area contributed by atoms with Gasteiger partial charge >= 0.3 is 5.97 Å². The number of hydrogen-bond acceptors (Lipinski definition) is 6. The molecule has 0 bridgehead atoms. The van der Waals surface area contributed by atoms with Crippen LogP contribution in [0.2, 0.25) is 0 Å². The number of rotatable bonds is 11. The Morgan fingerprint density at radius 3 is 2.29 bits per heavy atom. The summed E-state index contributed by atoms with van der Waals surface area (Å²) in [6.07, 6.45) is 3.87. The van der Waals surface area contributed by atoms with Crippen molar-refractivity contribution in [3.63, 3.8) is 0 Å². The highest BCUT2D eigenvalue weighted by Gasteiger charge is 2.30. The minimum absolute atomic E-state index is 0.240. The number of carbonyl (C=O) groups is 4. The molecule has 1 fully saturated rings. The van der Waals surface area contributed by atoms with Gasteiger partial charge in [-0.1, -0.05) is 13.8 Å². The molecule has 3 amide bonds. The van der Waals surface area contributed by atoms with Crippen molar-refractivity contribution < 1.29 is 24.3 Å². The Bertz CT molecular complexity index is 566. The lowest BCUT2D eigenvalue weighted by atomic mass is 10.0. The molecule has 1 aliphatic rings. The number of aliphatic carboxylic acids is 1. The third-order valence-electron chi connectivity index (χ3n) is 4.60. The Hall–Kier alpha value is -1.81. The van der Waals surface area contributed by atoms with Crippen LogP contribution in [0.4, 0.5) is 0 Å². The molecule has 0 radical (unpaired) electrons. The van der Waals surface area contributed by atoms with Crippen LogP contribution in [0.15, 0.2) is 0 Å². The lowest BCUT2D eigenvalue weighted by molar-refractivity contribution is -0.143. The summed E-state index contributed by atoms with van der Waals surface area (Å²) in [6, 6.07) is -3.01. The van der Waals surface area contributed by atoms with E-state index in [2.05, 4.69) is 21.3 Å². The molecule has 1 rings (SSSR count). The SMILES string of the molecule is CSCCC(NC(=O)C(C)NC(=O)C1CCCN1)C(=O)NC(C(=O)O)C(C)C. The number of carbonyl (C=O) groups excluding carboxylic acids is 3. The van der Waals surface area contributed by atoms with Crippen molar-refractivity contribution in [1.82, 2.24) is 21.3 Å². The van der Waals surface area contributed by atoms with E-state index in [1.54, 1.807) is 20.8 Å². The Labute approximate surface area is 170 Å². The van der Waals surface area contributed by atoms with Crippen molar-refractivity contribution in [3.8, 4) is 0 Å². The van der Waals surface area contributed by atoms with Crippen LogP contribution in [0.3, 0.4) is 0 Å². The maximum Gasteiger partial charge on any atom is 0.326 e. The molecule has 4 unspecified atom stereocenters. The number of carboxylic acid groups (broad SMARTS) is 1. The van der Waals surface area contributed by atoms with Gasteiger partial charge in [0.1, 0.15) is 18.1 Å². The van der Waals surface area contributed by atoms with Crippen LogP contribution in [0.25, 0.3) is 0 Å². The third kappa shape index (κ3) is 7.67. The molecular weight excluding hydrogens is 384 g/mol. The fourth-order valence-corrected chi connectivity index (χ4v) is 3.33. The molecule has 160 valence electrons. The Balaban J connectivity index is 2.69. The molecule has 10 heteroatoms. The van der Waals surface area contributed by atoms with Crippen molar-refractivity contribution in [2.24, 2.45) is 5.92 Å². The zero-order valence-electron chi connectivity index (χ0n) is 16.9. The second-order valence-corrected chi connectivity index (χ2v) is 8.28. The average molecular weight is 417 g/mol. The molecule has 9 nitrogen and oxygen atoms in total. The van der Waals surface area contributed by atoms with E-state index in [4.69, 9.17) is 0 Å². The molecule has 1 saturated heterocycles. The number of nitrogens with one attached hydrogen (secondary N) is 4. The third-order valence-corrected chi connectivity index (χ3v) is 5.25. The monoisotopic (exact) mass is 416 g/mol. The second kappa shape index (κ2) is 11.9. The summed E-state index contributed by atoms with van der Waals surface area (Å²) >= 11 is 1.52. The van der Waals surface area contributed by atoms with Gasteiger partial charge in [0.25, 0.3) is 0 Å². The van der Waals surface area contributed by atoms with Crippen LogP contribution >= 0.6 is 11.8 Å². The summed E-state index contributed by atoms with van der Waals surface area (Å²) in [5, 5.41) is 20.1. The minimum atomic E-state index is -1.12. The lowest BCUT2D eigenvalue weighted by Crippen LogP contribution is -2.57. The summed E-state index contributed by atoms with van der Waals surface area (Å²) in [5.74, 6) is -2.07. The Morgan fingerprint density at radius 2 is 1.79 bits per heavy atom. The lowest BCUT2D eigenvalue weighted by Gasteiger charge is -2.24. The van der Waals surface area contributed by atoms with Crippen LogP contribution in [-0.2, 0) is 19.2 Å². The first-order valence-electron chi connectivity index (χ1n) is 9.53. The maximum atomic E-state index is 12.6. The van der Waals surface area contributed by atoms with Crippen LogP contribution in [-0.4, -0.2) is 71.5 Å². The van der Waals surface area contributed by atoms with E-state index < -0.39 is 35.9 Å². The van der Waals surface area contributed by atoms with Crippen molar-refractivity contribution >= 4 is 35.5 Å². The first-order valence-corrected chi connectivity index (χ1v) is 10.9. The van der Waals surface area contributed by atoms with Crippen LogP contribution in [0, 0.1) is 5.92 Å². The van der Waals surface area contributed by atoms with Gasteiger partial charge in [-0.15, -0.1) is 0 Å². The molecule has 0 spiro atoms. The molecule has 1 heterocycles. The van der Waals surface area contributed by atoms with E-state index in [-0.39, 0.29) is 17.9 Å². The first kappa shape index (κ1) is 24.2. The van der Waals surface area contributed by atoms with Gasteiger partial charge in [0.2, 0.25) is 17.7 Å². The van der Waals surface area contributed by atoms with Gasteiger partial charge in [-0.25, -0.2) is 4.79 Å². The summed E-state index contributed by atoms with van der Waals surface area (Å²) in [6.45, 7) is 5.72. The number of amides is 3. The highest BCUT2D eigenvalue weighted by molar-refractivity contribution is 7.98. The molecule has 1 aliphatic heterocycles. The molecule has 4 atom stereocenters. The van der Waals surface area contributed by atoms with E-state index in [0.29, 0.717) is 12.2 Å². The van der Waals surface area contributed by atoms with Gasteiger partial charge in [0.15, 0.2) is 0 Å². The van der Waals surface area contributed by atoms with Crippen molar-refractivity contribution in [1.29, 1.82) is 0 Å². The highest BCUT2D eigenvalue weighted by Crippen LogP contribution is 2.07. The normalized spacial score (nSPS) is 19.5. The fraction of sp³-hybridized carbons (Fsp3) is 0.778. The van der Waals surface area contributed by atoms with Crippen molar-refractivity contribution in [2.45, 2.75) is 64.2 Å². The van der Waals surface area contributed by atoms with E-state index in [1.807, 2.05) is 6.26 Å². The quantitative estimate of drug-likeness (QED) is 0.312. The Morgan fingerprint density at radius 1 is 1.11 bits per heavy atom. The molecule has 0 saturated carbocycles. The minimum Gasteiger partial charge on any atom is -0.480 e. The predicted octanol–water partition coefficient (Wildman–Crippen LogP) is -0.294. The van der Waals surface area contributed by atoms with Gasteiger partial charge in [-0.3, -0.25) is 14.4 Å². The fourth-order valence-electron chi connectivity index (χ4n) is 2.86. The zero-order valence-corrected chi connectivity index (χ0v) is 17.7. The summed E-state index contributed by atoms with van der Waals surface area (Å²) < 4.78 is 0. The van der Waals surface area contributed by atoms with Gasteiger partial charge in [-0.05, 0) is 50.7 Å². The largest absolute Gasteiger partial charge is 0.480 e. The van der Waals surface area contributed by atoms with Crippen LogP contribution < -0.4 is 21.3 Å². The molecule has 0 aliphatic carbocycles. The molecule has 0 aromatic heterocycles. The van der Waals surface area contributed by atoms with Gasteiger partial charge in [0.05, 0.1) is 6.04 Å². The standard InChI is InChI=1S/C18H32N4O5S/c1-10(2)14(18(26)27)22-17(25)13(7-9-28-4)21-15(23)11(3)20-16(24)12-6-5-8-19-12/h10-14,19H,5-9H2,1-4H3,(H,20,24)(H,21,23)(H,22,25)(H,26,27). The smallest absolute Gasteiger partial charge is 0.326 e. The van der Waals surface area contributed by atoms with Crippen LogP contribution in [0.1, 0.15) is 40.0 Å². The topological polar surface area (TPSA) is 137 Å². The van der Waals surface area contributed by atoms with E-state index >= 15 is 0 Å². The molecular formula is C18H32N4O5S. The molecule has 5 N–H and O–H groups in total. The number of thioether (sulfide) groups is 1. The van der Waals surface area contributed by atoms with Crippen molar-refractivity contribution in [3.05, 3.63) is 0 Å². The predicted molar refractivity (Wildman–Crippen MR) is 108 cm³/mol. The van der Waals surface area contributed by atoms with E-state index in [1.165, 1.54) is 11.8 Å².